The predicted molar refractivity (Wildman–Crippen MR) is 78.7 cm³/mol. The topological polar surface area (TPSA) is 63.2 Å². The number of benzene rings is 1. The molecule has 1 spiro atoms. The molecule has 4 rings (SSSR count). The van der Waals surface area contributed by atoms with Crippen molar-refractivity contribution in [2.75, 3.05) is 7.11 Å². The number of rotatable bonds is 3. The lowest BCUT2D eigenvalue weighted by Crippen LogP contribution is -2.35. The summed E-state index contributed by atoms with van der Waals surface area (Å²) in [6, 6.07) is 8.92. The van der Waals surface area contributed by atoms with Crippen LogP contribution in [0.3, 0.4) is 0 Å². The van der Waals surface area contributed by atoms with E-state index in [1.165, 1.54) is 0 Å². The molecule has 3 aliphatic rings. The van der Waals surface area contributed by atoms with Crippen LogP contribution in [0.15, 0.2) is 30.3 Å². The summed E-state index contributed by atoms with van der Waals surface area (Å²) in [4.78, 5) is 12.2. The van der Waals surface area contributed by atoms with Crippen LogP contribution in [0.25, 0.3) is 0 Å². The van der Waals surface area contributed by atoms with Crippen LogP contribution in [0.5, 0.6) is 0 Å². The monoisotopic (exact) mass is 320 g/mol. The highest BCUT2D eigenvalue weighted by atomic mass is 16.8. The van der Waals surface area contributed by atoms with Crippen molar-refractivity contribution in [2.45, 2.75) is 56.3 Å². The molecule has 124 valence electrons. The highest BCUT2D eigenvalue weighted by Crippen LogP contribution is 2.57. The zero-order valence-electron chi connectivity index (χ0n) is 13.4. The smallest absolute Gasteiger partial charge is 0.338 e. The summed E-state index contributed by atoms with van der Waals surface area (Å²) in [6.07, 6.45) is -0.875. The van der Waals surface area contributed by atoms with Gasteiger partial charge in [0.2, 0.25) is 0 Å². The maximum Gasteiger partial charge on any atom is 0.338 e. The van der Waals surface area contributed by atoms with Gasteiger partial charge in [-0.25, -0.2) is 4.79 Å². The van der Waals surface area contributed by atoms with Gasteiger partial charge in [-0.1, -0.05) is 18.2 Å². The van der Waals surface area contributed by atoms with Crippen LogP contribution in [0.2, 0.25) is 0 Å². The molecule has 6 nitrogen and oxygen atoms in total. The highest BCUT2D eigenvalue weighted by Gasteiger charge is 2.75. The lowest BCUT2D eigenvalue weighted by molar-refractivity contribution is -0.236. The molecule has 0 aromatic heterocycles. The number of hydrogen-bond acceptors (Lipinski definition) is 6. The van der Waals surface area contributed by atoms with Gasteiger partial charge in [-0.05, 0) is 26.0 Å². The molecular weight excluding hydrogens is 300 g/mol. The number of hydrogen-bond donors (Lipinski definition) is 0. The Bertz CT molecular complexity index is 615. The second-order valence-electron chi connectivity index (χ2n) is 6.66. The zero-order chi connectivity index (χ0) is 16.2. The summed E-state index contributed by atoms with van der Waals surface area (Å²) in [6.45, 7) is 3.72. The first-order chi connectivity index (χ1) is 11.0. The van der Waals surface area contributed by atoms with Crippen molar-refractivity contribution in [2.24, 2.45) is 0 Å². The molecule has 5 atom stereocenters. The maximum atomic E-state index is 12.2. The Hall–Kier alpha value is -1.47. The van der Waals surface area contributed by atoms with Crippen LogP contribution in [0, 0.1) is 0 Å². The van der Waals surface area contributed by atoms with Crippen LogP contribution < -0.4 is 0 Å². The van der Waals surface area contributed by atoms with Crippen molar-refractivity contribution in [3.05, 3.63) is 35.9 Å². The zero-order valence-corrected chi connectivity index (χ0v) is 13.4. The molecule has 0 N–H and O–H groups in total. The number of methoxy groups -OCH3 is 1. The molecule has 2 heterocycles. The first kappa shape index (κ1) is 15.1. The second-order valence-corrected chi connectivity index (χ2v) is 6.66. The van der Waals surface area contributed by atoms with E-state index in [4.69, 9.17) is 23.7 Å². The van der Waals surface area contributed by atoms with E-state index >= 15 is 0 Å². The molecule has 23 heavy (non-hydrogen) atoms. The molecule has 2 saturated heterocycles. The van der Waals surface area contributed by atoms with Gasteiger partial charge in [0, 0.05) is 13.5 Å². The Kier molecular flexibility index (Phi) is 3.29. The van der Waals surface area contributed by atoms with Gasteiger partial charge in [0.05, 0.1) is 5.56 Å². The van der Waals surface area contributed by atoms with Crippen LogP contribution in [-0.4, -0.2) is 49.1 Å². The molecule has 0 amide bonds. The first-order valence-electron chi connectivity index (χ1n) is 7.77. The lowest BCUT2D eigenvalue weighted by Gasteiger charge is -2.23. The second kappa shape index (κ2) is 5.01. The molecule has 0 bridgehead atoms. The fraction of sp³-hybridized carbons (Fsp3) is 0.588. The molecule has 0 radical (unpaired) electrons. The van der Waals surface area contributed by atoms with Gasteiger partial charge in [-0.3, -0.25) is 0 Å². The van der Waals surface area contributed by atoms with E-state index in [0.717, 1.165) is 0 Å². The summed E-state index contributed by atoms with van der Waals surface area (Å²) in [5, 5.41) is 0. The SMILES string of the molecule is CO[C@@H]1O[C@@]2(C[C@H]2OC(=O)c2ccccc2)C2OC(C)(C)O[C@@H]21. The largest absolute Gasteiger partial charge is 0.455 e. The lowest BCUT2D eigenvalue weighted by atomic mass is 10.1. The number of esters is 1. The summed E-state index contributed by atoms with van der Waals surface area (Å²) in [5.74, 6) is -1.05. The number of carbonyl (C=O) groups is 1. The van der Waals surface area contributed by atoms with Gasteiger partial charge in [-0.15, -0.1) is 0 Å². The Balaban J connectivity index is 1.49. The minimum absolute atomic E-state index is 0.295. The number of carbonyl (C=O) groups excluding carboxylic acids is 1. The molecule has 1 aliphatic carbocycles. The molecular formula is C17H20O6. The van der Waals surface area contributed by atoms with Crippen molar-refractivity contribution in [3.8, 4) is 0 Å². The van der Waals surface area contributed by atoms with Gasteiger partial charge in [0.1, 0.15) is 23.9 Å². The van der Waals surface area contributed by atoms with Crippen LogP contribution >= 0.6 is 0 Å². The van der Waals surface area contributed by atoms with Gasteiger partial charge in [-0.2, -0.15) is 0 Å². The minimum atomic E-state index is -0.695. The van der Waals surface area contributed by atoms with Crippen molar-refractivity contribution >= 4 is 5.97 Å². The van der Waals surface area contributed by atoms with Gasteiger partial charge in [0.25, 0.3) is 0 Å². The molecule has 1 unspecified atom stereocenters. The van der Waals surface area contributed by atoms with Crippen molar-refractivity contribution in [3.63, 3.8) is 0 Å². The Morgan fingerprint density at radius 3 is 2.61 bits per heavy atom. The number of ether oxygens (including phenoxy) is 5. The first-order valence-corrected chi connectivity index (χ1v) is 7.77. The number of fused-ring (bicyclic) bond motifs is 2. The summed E-state index contributed by atoms with van der Waals surface area (Å²) < 4.78 is 28.8. The Labute approximate surface area is 134 Å². The van der Waals surface area contributed by atoms with Crippen LogP contribution in [-0.2, 0) is 23.7 Å². The van der Waals surface area contributed by atoms with E-state index in [1.807, 2.05) is 19.9 Å². The molecule has 3 fully saturated rings. The third-order valence-corrected chi connectivity index (χ3v) is 4.59. The average molecular weight is 320 g/mol. The van der Waals surface area contributed by atoms with E-state index < -0.39 is 17.7 Å². The van der Waals surface area contributed by atoms with Crippen molar-refractivity contribution in [1.29, 1.82) is 0 Å². The molecule has 1 saturated carbocycles. The van der Waals surface area contributed by atoms with Gasteiger partial charge >= 0.3 is 5.97 Å². The third-order valence-electron chi connectivity index (χ3n) is 4.59. The fourth-order valence-electron chi connectivity index (χ4n) is 3.47. The van der Waals surface area contributed by atoms with E-state index in [0.29, 0.717) is 12.0 Å². The molecule has 1 aromatic carbocycles. The average Bonchev–Trinajstić information content (AvgIpc) is 3.00. The van der Waals surface area contributed by atoms with E-state index in [1.54, 1.807) is 31.4 Å². The van der Waals surface area contributed by atoms with E-state index in [2.05, 4.69) is 0 Å². The Morgan fingerprint density at radius 1 is 1.17 bits per heavy atom. The normalized spacial score (nSPS) is 40.1. The maximum absolute atomic E-state index is 12.2. The summed E-state index contributed by atoms with van der Waals surface area (Å²) >= 11 is 0. The van der Waals surface area contributed by atoms with Crippen molar-refractivity contribution in [1.82, 2.24) is 0 Å². The molecule has 1 aromatic rings. The predicted octanol–water partition coefficient (Wildman–Crippen LogP) is 1.88. The third kappa shape index (κ3) is 2.37. The van der Waals surface area contributed by atoms with Crippen LogP contribution in [0.1, 0.15) is 30.6 Å². The minimum Gasteiger partial charge on any atom is -0.455 e. The van der Waals surface area contributed by atoms with Crippen LogP contribution in [0.4, 0.5) is 0 Å². The highest BCUT2D eigenvalue weighted by molar-refractivity contribution is 5.89. The van der Waals surface area contributed by atoms with Crippen molar-refractivity contribution < 1.29 is 28.5 Å². The Morgan fingerprint density at radius 2 is 1.91 bits per heavy atom. The van der Waals surface area contributed by atoms with Gasteiger partial charge < -0.3 is 23.7 Å². The van der Waals surface area contributed by atoms with E-state index in [-0.39, 0.29) is 24.3 Å². The molecule has 6 heteroatoms. The standard InChI is InChI=1S/C17H20O6/c1-16(2)21-12-13(22-16)17(23-15(12)19-3)9-11(17)20-14(18)10-7-5-4-6-8-10/h4-8,11-13,15H,9H2,1-3H3/t11-,12+,13?,15-,17-/m1/s1. The summed E-state index contributed by atoms with van der Waals surface area (Å²) in [7, 11) is 1.57. The summed E-state index contributed by atoms with van der Waals surface area (Å²) in [5.41, 5.74) is -0.139. The fourth-order valence-corrected chi connectivity index (χ4v) is 3.47. The van der Waals surface area contributed by atoms with Gasteiger partial charge in [0.15, 0.2) is 12.1 Å². The quantitative estimate of drug-likeness (QED) is 0.793. The molecule has 2 aliphatic heterocycles. The van der Waals surface area contributed by atoms with E-state index in [9.17, 15) is 4.79 Å².